The molecule has 27 heavy (non-hydrogen) atoms. The van der Waals surface area contributed by atoms with Crippen molar-refractivity contribution in [3.63, 3.8) is 0 Å². The minimum absolute atomic E-state index is 0.00404. The number of nitrogen functional groups attached to an aromatic ring is 1. The van der Waals surface area contributed by atoms with Gasteiger partial charge in [-0.2, -0.15) is 0 Å². The Morgan fingerprint density at radius 2 is 2.11 bits per heavy atom. The van der Waals surface area contributed by atoms with Crippen LogP contribution in [0.5, 0.6) is 0 Å². The number of fused-ring (bicyclic) bond motifs is 4. The molecule has 5 rings (SSSR count). The summed E-state index contributed by atoms with van der Waals surface area (Å²) in [6, 6.07) is 3.30. The third-order valence-corrected chi connectivity index (χ3v) is 5.62. The largest absolute Gasteiger partial charge is 0.384 e. The Hall–Kier alpha value is -2.90. The fraction of sp³-hybridized carbons (Fsp3) is 0.474. The number of nitrogens with zero attached hydrogens (tertiary/aromatic N) is 4. The summed E-state index contributed by atoms with van der Waals surface area (Å²) >= 11 is 0. The maximum absolute atomic E-state index is 13.0. The summed E-state index contributed by atoms with van der Waals surface area (Å²) in [5.74, 6) is 0.947. The lowest BCUT2D eigenvalue weighted by Gasteiger charge is -2.35. The van der Waals surface area contributed by atoms with Crippen molar-refractivity contribution < 1.29 is 14.1 Å². The van der Waals surface area contributed by atoms with Crippen LogP contribution in [0.15, 0.2) is 22.9 Å². The molecule has 3 aliphatic heterocycles. The summed E-state index contributed by atoms with van der Waals surface area (Å²) in [4.78, 5) is 33.6. The molecule has 0 spiro atoms. The monoisotopic (exact) mass is 369 g/mol. The van der Waals surface area contributed by atoms with Gasteiger partial charge in [-0.05, 0) is 38.8 Å². The van der Waals surface area contributed by atoms with Gasteiger partial charge in [-0.15, -0.1) is 0 Å². The molecule has 0 aliphatic carbocycles. The number of piperidine rings is 1. The zero-order valence-electron chi connectivity index (χ0n) is 15.5. The predicted octanol–water partition coefficient (Wildman–Crippen LogP) is 1.53. The standard InChI is InChI=1S/C19H23N5O3/c1-11-16(12(2)27-22-11)10-24-15-5-3-14(19(24)26)8-23(9-15)18(25)13-4-6-17(20)21-7-13/h4,6-7,14-15H,3,5,8-10H2,1-2H3,(H2,20,21)/t14-,15+/m1/s1. The van der Waals surface area contributed by atoms with Crippen molar-refractivity contribution in [3.05, 3.63) is 40.9 Å². The lowest BCUT2D eigenvalue weighted by molar-refractivity contribution is -0.140. The number of aryl methyl sites for hydroxylation is 2. The molecule has 2 N–H and O–H groups in total. The van der Waals surface area contributed by atoms with Gasteiger partial charge in [-0.25, -0.2) is 4.98 Å². The number of hydrogen-bond acceptors (Lipinski definition) is 6. The first kappa shape index (κ1) is 17.5. The molecule has 2 amide bonds. The normalized spacial score (nSPS) is 22.2. The highest BCUT2D eigenvalue weighted by Gasteiger charge is 2.42. The smallest absolute Gasteiger partial charge is 0.255 e. The first-order valence-corrected chi connectivity index (χ1v) is 9.17. The van der Waals surface area contributed by atoms with Crippen LogP contribution in [0.25, 0.3) is 0 Å². The predicted molar refractivity (Wildman–Crippen MR) is 97.6 cm³/mol. The minimum atomic E-state index is -0.171. The quantitative estimate of drug-likeness (QED) is 0.880. The fourth-order valence-electron chi connectivity index (χ4n) is 4.03. The number of carbonyl (C=O) groups excluding carboxylic acids is 2. The molecule has 0 aromatic carbocycles. The molecular formula is C19H23N5O3. The van der Waals surface area contributed by atoms with Gasteiger partial charge in [-0.3, -0.25) is 9.59 Å². The molecule has 5 heterocycles. The van der Waals surface area contributed by atoms with Crippen LogP contribution in [-0.4, -0.2) is 50.9 Å². The average molecular weight is 369 g/mol. The maximum Gasteiger partial charge on any atom is 0.255 e. The lowest BCUT2D eigenvalue weighted by Crippen LogP contribution is -2.47. The number of hydrogen-bond donors (Lipinski definition) is 1. The van der Waals surface area contributed by atoms with Crippen molar-refractivity contribution in [2.45, 2.75) is 39.3 Å². The zero-order chi connectivity index (χ0) is 19.1. The van der Waals surface area contributed by atoms with Gasteiger partial charge in [0.1, 0.15) is 11.6 Å². The lowest BCUT2D eigenvalue weighted by atomic mass is 9.93. The van der Waals surface area contributed by atoms with Crippen molar-refractivity contribution in [2.24, 2.45) is 5.92 Å². The number of rotatable bonds is 3. The molecule has 8 heteroatoms. The molecule has 2 atom stereocenters. The van der Waals surface area contributed by atoms with Gasteiger partial charge >= 0.3 is 0 Å². The SMILES string of the molecule is Cc1noc(C)c1CN1C(=O)[C@@H]2CC[C@H]1CN(C(=O)c1ccc(N)nc1)C2. The van der Waals surface area contributed by atoms with Crippen LogP contribution in [0.2, 0.25) is 0 Å². The van der Waals surface area contributed by atoms with E-state index in [4.69, 9.17) is 10.3 Å². The number of amides is 2. The van der Waals surface area contributed by atoms with Gasteiger partial charge in [0.05, 0.1) is 23.7 Å². The molecule has 0 saturated carbocycles. The number of anilines is 1. The molecule has 3 saturated heterocycles. The van der Waals surface area contributed by atoms with E-state index < -0.39 is 0 Å². The molecule has 3 fully saturated rings. The van der Waals surface area contributed by atoms with Gasteiger partial charge < -0.3 is 20.1 Å². The van der Waals surface area contributed by atoms with E-state index >= 15 is 0 Å². The molecule has 3 aliphatic rings. The Kier molecular flexibility index (Phi) is 4.33. The molecule has 0 radical (unpaired) electrons. The van der Waals surface area contributed by atoms with Crippen LogP contribution in [0.3, 0.4) is 0 Å². The van der Waals surface area contributed by atoms with Gasteiger partial charge in [-0.1, -0.05) is 5.16 Å². The summed E-state index contributed by atoms with van der Waals surface area (Å²) in [6.45, 7) is 5.19. The molecule has 2 aromatic rings. The van der Waals surface area contributed by atoms with Gasteiger partial charge in [0.15, 0.2) is 0 Å². The molecule has 0 unspecified atom stereocenters. The second-order valence-corrected chi connectivity index (χ2v) is 7.38. The van der Waals surface area contributed by atoms with E-state index in [-0.39, 0.29) is 23.8 Å². The maximum atomic E-state index is 13.0. The Morgan fingerprint density at radius 3 is 2.78 bits per heavy atom. The van der Waals surface area contributed by atoms with E-state index in [0.717, 1.165) is 29.9 Å². The van der Waals surface area contributed by atoms with Crippen LogP contribution in [-0.2, 0) is 11.3 Å². The van der Waals surface area contributed by atoms with Gasteiger partial charge in [0.2, 0.25) is 5.91 Å². The van der Waals surface area contributed by atoms with Crippen LogP contribution in [0.4, 0.5) is 5.82 Å². The highest BCUT2D eigenvalue weighted by atomic mass is 16.5. The first-order chi connectivity index (χ1) is 12.9. The minimum Gasteiger partial charge on any atom is -0.384 e. The van der Waals surface area contributed by atoms with E-state index in [9.17, 15) is 9.59 Å². The Morgan fingerprint density at radius 1 is 1.30 bits per heavy atom. The number of aromatic nitrogens is 2. The van der Waals surface area contributed by atoms with Crippen molar-refractivity contribution in [1.82, 2.24) is 19.9 Å². The molecule has 142 valence electrons. The van der Waals surface area contributed by atoms with E-state index in [2.05, 4.69) is 10.1 Å². The summed E-state index contributed by atoms with van der Waals surface area (Å²) in [7, 11) is 0. The summed E-state index contributed by atoms with van der Waals surface area (Å²) < 4.78 is 5.24. The fourth-order valence-corrected chi connectivity index (χ4v) is 4.03. The van der Waals surface area contributed by atoms with Crippen molar-refractivity contribution >= 4 is 17.6 Å². The van der Waals surface area contributed by atoms with Crippen molar-refractivity contribution in [1.29, 1.82) is 0 Å². The summed E-state index contributed by atoms with van der Waals surface area (Å²) in [5.41, 5.74) is 7.87. The van der Waals surface area contributed by atoms with E-state index in [1.807, 2.05) is 18.7 Å². The van der Waals surface area contributed by atoms with Gasteiger partial charge in [0, 0.05) is 30.9 Å². The van der Waals surface area contributed by atoms with Crippen molar-refractivity contribution in [2.75, 3.05) is 18.8 Å². The number of nitrogens with two attached hydrogens (primary N) is 1. The summed E-state index contributed by atoms with van der Waals surface area (Å²) in [6.07, 6.45) is 3.20. The van der Waals surface area contributed by atoms with E-state index in [1.165, 1.54) is 6.20 Å². The van der Waals surface area contributed by atoms with E-state index in [0.29, 0.717) is 31.0 Å². The molecular weight excluding hydrogens is 346 g/mol. The topological polar surface area (TPSA) is 106 Å². The Balaban J connectivity index is 1.57. The highest BCUT2D eigenvalue weighted by molar-refractivity contribution is 5.95. The molecule has 2 aromatic heterocycles. The average Bonchev–Trinajstić information content (AvgIpc) is 2.83. The Labute approximate surface area is 157 Å². The van der Waals surface area contributed by atoms with Gasteiger partial charge in [0.25, 0.3) is 5.91 Å². The number of pyridine rings is 1. The number of carbonyl (C=O) groups is 2. The van der Waals surface area contributed by atoms with Crippen LogP contribution in [0.1, 0.15) is 40.2 Å². The molecule has 8 nitrogen and oxygen atoms in total. The molecule has 2 bridgehead atoms. The summed E-state index contributed by atoms with van der Waals surface area (Å²) in [5, 5.41) is 3.99. The third kappa shape index (κ3) is 3.15. The zero-order valence-corrected chi connectivity index (χ0v) is 15.5. The van der Waals surface area contributed by atoms with E-state index in [1.54, 1.807) is 17.0 Å². The first-order valence-electron chi connectivity index (χ1n) is 9.17. The van der Waals surface area contributed by atoms with Crippen LogP contribution < -0.4 is 5.73 Å². The third-order valence-electron chi connectivity index (χ3n) is 5.62. The highest BCUT2D eigenvalue weighted by Crippen LogP contribution is 2.32. The Bertz CT molecular complexity index is 856. The van der Waals surface area contributed by atoms with Crippen LogP contribution >= 0.6 is 0 Å². The second kappa shape index (κ2) is 6.68. The van der Waals surface area contributed by atoms with Crippen molar-refractivity contribution in [3.8, 4) is 0 Å². The second-order valence-electron chi connectivity index (χ2n) is 7.38. The van der Waals surface area contributed by atoms with Crippen LogP contribution in [0, 0.1) is 19.8 Å².